The van der Waals surface area contributed by atoms with E-state index in [9.17, 15) is 4.79 Å². The lowest BCUT2D eigenvalue weighted by molar-refractivity contribution is -0.122. The summed E-state index contributed by atoms with van der Waals surface area (Å²) in [4.78, 5) is 12.0. The van der Waals surface area contributed by atoms with Crippen LogP contribution in [0.15, 0.2) is 48.8 Å². The lowest BCUT2D eigenvalue weighted by Crippen LogP contribution is -2.27. The normalized spacial score (nSPS) is 20.6. The van der Waals surface area contributed by atoms with Gasteiger partial charge in [-0.1, -0.05) is 30.3 Å². The molecule has 104 valence electrons. The molecule has 1 N–H and O–H groups in total. The molecule has 0 bridgehead atoms. The summed E-state index contributed by atoms with van der Waals surface area (Å²) in [6.07, 6.45) is 5.60. The van der Waals surface area contributed by atoms with Gasteiger partial charge >= 0.3 is 0 Å². The van der Waals surface area contributed by atoms with Gasteiger partial charge in [0.2, 0.25) is 5.91 Å². The van der Waals surface area contributed by atoms with E-state index in [4.69, 9.17) is 0 Å². The molecular weight excluding hydrogens is 250 g/mol. The largest absolute Gasteiger partial charge is 0.356 e. The first-order chi connectivity index (χ1) is 9.84. The van der Waals surface area contributed by atoms with Crippen molar-refractivity contribution in [3.8, 4) is 0 Å². The highest BCUT2D eigenvalue weighted by molar-refractivity contribution is 5.82. The number of amides is 1. The Morgan fingerprint density at radius 3 is 2.90 bits per heavy atom. The van der Waals surface area contributed by atoms with Gasteiger partial charge in [-0.2, -0.15) is 5.10 Å². The zero-order valence-corrected chi connectivity index (χ0v) is 11.4. The number of rotatable bonds is 6. The van der Waals surface area contributed by atoms with Gasteiger partial charge in [0.15, 0.2) is 0 Å². The number of nitrogens with one attached hydrogen (secondary N) is 1. The molecule has 1 aromatic carbocycles. The van der Waals surface area contributed by atoms with Gasteiger partial charge in [-0.05, 0) is 30.4 Å². The highest BCUT2D eigenvalue weighted by atomic mass is 16.2. The second-order valence-electron chi connectivity index (χ2n) is 5.27. The van der Waals surface area contributed by atoms with Crippen molar-refractivity contribution in [3.63, 3.8) is 0 Å². The average molecular weight is 269 g/mol. The Bertz CT molecular complexity index is 550. The van der Waals surface area contributed by atoms with E-state index in [-0.39, 0.29) is 11.8 Å². The minimum atomic E-state index is 0.169. The smallest absolute Gasteiger partial charge is 0.223 e. The minimum absolute atomic E-state index is 0.169. The summed E-state index contributed by atoms with van der Waals surface area (Å²) in [5, 5.41) is 7.16. The van der Waals surface area contributed by atoms with Crippen molar-refractivity contribution in [2.45, 2.75) is 25.3 Å². The van der Waals surface area contributed by atoms with E-state index in [1.54, 1.807) is 6.20 Å². The number of hydrogen-bond donors (Lipinski definition) is 1. The van der Waals surface area contributed by atoms with Crippen molar-refractivity contribution in [1.82, 2.24) is 15.1 Å². The number of carbonyl (C=O) groups excluding carboxylic acids is 1. The van der Waals surface area contributed by atoms with Crippen LogP contribution in [-0.2, 0) is 11.3 Å². The van der Waals surface area contributed by atoms with Crippen LogP contribution in [0.1, 0.15) is 24.3 Å². The first-order valence-corrected chi connectivity index (χ1v) is 7.14. The second kappa shape index (κ2) is 5.90. The molecule has 2 aromatic rings. The highest BCUT2D eigenvalue weighted by Crippen LogP contribution is 2.47. The number of hydrogen-bond acceptors (Lipinski definition) is 2. The van der Waals surface area contributed by atoms with Gasteiger partial charge in [-0.15, -0.1) is 0 Å². The molecule has 4 nitrogen and oxygen atoms in total. The van der Waals surface area contributed by atoms with Crippen molar-refractivity contribution in [2.24, 2.45) is 5.92 Å². The summed E-state index contributed by atoms with van der Waals surface area (Å²) in [6, 6.07) is 12.2. The second-order valence-corrected chi connectivity index (χ2v) is 5.27. The van der Waals surface area contributed by atoms with Crippen LogP contribution in [0.5, 0.6) is 0 Å². The van der Waals surface area contributed by atoms with E-state index >= 15 is 0 Å². The van der Waals surface area contributed by atoms with Gasteiger partial charge in [0, 0.05) is 31.4 Å². The van der Waals surface area contributed by atoms with Gasteiger partial charge in [-0.3, -0.25) is 9.48 Å². The fourth-order valence-electron chi connectivity index (χ4n) is 2.57. The van der Waals surface area contributed by atoms with Gasteiger partial charge < -0.3 is 5.32 Å². The van der Waals surface area contributed by atoms with Crippen LogP contribution >= 0.6 is 0 Å². The quantitative estimate of drug-likeness (QED) is 0.817. The topological polar surface area (TPSA) is 46.9 Å². The van der Waals surface area contributed by atoms with Crippen molar-refractivity contribution in [1.29, 1.82) is 0 Å². The zero-order valence-electron chi connectivity index (χ0n) is 11.4. The summed E-state index contributed by atoms with van der Waals surface area (Å²) in [7, 11) is 0. The van der Waals surface area contributed by atoms with Crippen LogP contribution in [0.4, 0.5) is 0 Å². The minimum Gasteiger partial charge on any atom is -0.356 e. The summed E-state index contributed by atoms with van der Waals surface area (Å²) in [6.45, 7) is 1.57. The molecule has 1 fully saturated rings. The van der Waals surface area contributed by atoms with Crippen LogP contribution < -0.4 is 5.32 Å². The molecule has 0 aliphatic heterocycles. The molecule has 0 radical (unpaired) electrons. The maximum absolute atomic E-state index is 12.0. The maximum atomic E-state index is 12.0. The summed E-state index contributed by atoms with van der Waals surface area (Å²) in [5.41, 5.74) is 1.28. The fourth-order valence-corrected chi connectivity index (χ4v) is 2.57. The third kappa shape index (κ3) is 3.07. The Kier molecular flexibility index (Phi) is 3.81. The van der Waals surface area contributed by atoms with Gasteiger partial charge in [0.05, 0.1) is 0 Å². The van der Waals surface area contributed by atoms with Crippen molar-refractivity contribution >= 4 is 5.91 Å². The SMILES string of the molecule is O=C(NCCCn1cccn1)[C@H]1C[C@H]1c1ccccc1. The van der Waals surface area contributed by atoms with Crippen molar-refractivity contribution in [3.05, 3.63) is 54.4 Å². The first-order valence-electron chi connectivity index (χ1n) is 7.14. The third-order valence-electron chi connectivity index (χ3n) is 3.78. The molecule has 1 amide bonds. The molecule has 1 heterocycles. The molecule has 1 aliphatic carbocycles. The number of aryl methyl sites for hydroxylation is 1. The predicted octanol–water partition coefficient (Wildman–Crippen LogP) is 2.19. The molecule has 1 aliphatic rings. The fraction of sp³-hybridized carbons (Fsp3) is 0.375. The van der Waals surface area contributed by atoms with Crippen LogP contribution in [0, 0.1) is 5.92 Å². The number of benzene rings is 1. The lowest BCUT2D eigenvalue weighted by atomic mass is 10.1. The van der Waals surface area contributed by atoms with E-state index in [1.807, 2.05) is 35.1 Å². The summed E-state index contributed by atoms with van der Waals surface area (Å²) in [5.74, 6) is 0.781. The van der Waals surface area contributed by atoms with Crippen LogP contribution in [-0.4, -0.2) is 22.2 Å². The van der Waals surface area contributed by atoms with Crippen molar-refractivity contribution < 1.29 is 4.79 Å². The Morgan fingerprint density at radius 1 is 1.30 bits per heavy atom. The molecule has 0 unspecified atom stereocenters. The molecule has 20 heavy (non-hydrogen) atoms. The standard InChI is InChI=1S/C16H19N3O/c20-16(17-8-4-10-19-11-5-9-18-19)15-12-14(15)13-6-2-1-3-7-13/h1-3,5-7,9,11,14-15H,4,8,10,12H2,(H,17,20)/t14-,15-/m0/s1. The predicted molar refractivity (Wildman–Crippen MR) is 77.1 cm³/mol. The Labute approximate surface area is 118 Å². The van der Waals surface area contributed by atoms with E-state index in [1.165, 1.54) is 5.56 Å². The molecule has 0 saturated heterocycles. The van der Waals surface area contributed by atoms with E-state index in [0.29, 0.717) is 5.92 Å². The third-order valence-corrected chi connectivity index (χ3v) is 3.78. The van der Waals surface area contributed by atoms with Crippen LogP contribution in [0.2, 0.25) is 0 Å². The van der Waals surface area contributed by atoms with E-state index < -0.39 is 0 Å². The Hall–Kier alpha value is -2.10. The van der Waals surface area contributed by atoms with Gasteiger partial charge in [0.1, 0.15) is 0 Å². The van der Waals surface area contributed by atoms with E-state index in [0.717, 1.165) is 25.9 Å². The Morgan fingerprint density at radius 2 is 2.15 bits per heavy atom. The molecule has 3 rings (SSSR count). The number of aromatic nitrogens is 2. The van der Waals surface area contributed by atoms with Gasteiger partial charge in [0.25, 0.3) is 0 Å². The van der Waals surface area contributed by atoms with Gasteiger partial charge in [-0.25, -0.2) is 0 Å². The Balaban J connectivity index is 1.38. The molecule has 1 aromatic heterocycles. The molecule has 4 heteroatoms. The molecule has 2 atom stereocenters. The van der Waals surface area contributed by atoms with E-state index in [2.05, 4.69) is 22.5 Å². The number of nitrogens with zero attached hydrogens (tertiary/aromatic N) is 2. The maximum Gasteiger partial charge on any atom is 0.223 e. The molecule has 1 saturated carbocycles. The highest BCUT2D eigenvalue weighted by Gasteiger charge is 2.43. The monoisotopic (exact) mass is 269 g/mol. The molecule has 0 spiro atoms. The lowest BCUT2D eigenvalue weighted by Gasteiger charge is -2.05. The average Bonchev–Trinajstić information content (AvgIpc) is 3.13. The summed E-state index contributed by atoms with van der Waals surface area (Å²) < 4.78 is 1.88. The summed E-state index contributed by atoms with van der Waals surface area (Å²) >= 11 is 0. The first kappa shape index (κ1) is 12.9. The van der Waals surface area contributed by atoms with Crippen molar-refractivity contribution in [2.75, 3.05) is 6.54 Å². The zero-order chi connectivity index (χ0) is 13.8. The number of carbonyl (C=O) groups is 1. The van der Waals surface area contributed by atoms with Crippen LogP contribution in [0.25, 0.3) is 0 Å². The molecular formula is C16H19N3O. The van der Waals surface area contributed by atoms with Crippen LogP contribution in [0.3, 0.4) is 0 Å².